The van der Waals surface area contributed by atoms with E-state index in [0.29, 0.717) is 16.2 Å². The summed E-state index contributed by atoms with van der Waals surface area (Å²) in [6.45, 7) is 4.04. The van der Waals surface area contributed by atoms with E-state index in [1.165, 1.54) is 16.9 Å². The maximum absolute atomic E-state index is 5.91. The first-order valence-electron chi connectivity index (χ1n) is 5.06. The van der Waals surface area contributed by atoms with Crippen molar-refractivity contribution < 1.29 is 4.74 Å². The van der Waals surface area contributed by atoms with Crippen LogP contribution in [0, 0.1) is 13.8 Å². The molecule has 0 bridgehead atoms. The number of halogens is 2. The van der Waals surface area contributed by atoms with Crippen LogP contribution in [0.4, 0.5) is 0 Å². The molecular weight excluding hydrogens is 277 g/mol. The fourth-order valence-electron chi connectivity index (χ4n) is 1.45. The number of nitrogens with zero attached hydrogens (tertiary/aromatic N) is 1. The lowest BCUT2D eigenvalue weighted by Gasteiger charge is -2.05. The van der Waals surface area contributed by atoms with Crippen molar-refractivity contribution in [2.75, 3.05) is 0 Å². The van der Waals surface area contributed by atoms with Crippen LogP contribution in [0.3, 0.4) is 0 Å². The van der Waals surface area contributed by atoms with E-state index in [1.807, 2.05) is 26.0 Å². The first-order valence-corrected chi connectivity index (χ1v) is 6.79. The van der Waals surface area contributed by atoms with E-state index in [-0.39, 0.29) is 0 Å². The first-order chi connectivity index (χ1) is 8.10. The van der Waals surface area contributed by atoms with E-state index in [1.54, 1.807) is 0 Å². The standard InChI is InChI=1S/C12H11Cl2NOS/c1-7-3-4-9(8(2)5-7)16-12-15-11(14)10(6-13)17-12/h3-5H,6H2,1-2H3. The summed E-state index contributed by atoms with van der Waals surface area (Å²) in [7, 11) is 0. The molecule has 0 radical (unpaired) electrons. The third kappa shape index (κ3) is 2.92. The summed E-state index contributed by atoms with van der Waals surface area (Å²) in [5.74, 6) is 1.15. The maximum Gasteiger partial charge on any atom is 0.280 e. The lowest BCUT2D eigenvalue weighted by Crippen LogP contribution is -1.87. The van der Waals surface area contributed by atoms with Gasteiger partial charge in [0.1, 0.15) is 10.9 Å². The first kappa shape index (κ1) is 12.7. The molecule has 1 heterocycles. The van der Waals surface area contributed by atoms with Crippen LogP contribution in [-0.4, -0.2) is 4.98 Å². The van der Waals surface area contributed by atoms with E-state index < -0.39 is 0 Å². The predicted octanol–water partition coefficient (Wildman–Crippen LogP) is 4.94. The van der Waals surface area contributed by atoms with E-state index in [0.717, 1.165) is 16.2 Å². The van der Waals surface area contributed by atoms with Gasteiger partial charge in [0.15, 0.2) is 0 Å². The maximum atomic E-state index is 5.91. The zero-order valence-corrected chi connectivity index (χ0v) is 11.8. The van der Waals surface area contributed by atoms with Gasteiger partial charge in [-0.25, -0.2) is 0 Å². The molecule has 1 aromatic carbocycles. The topological polar surface area (TPSA) is 22.1 Å². The summed E-state index contributed by atoms with van der Waals surface area (Å²) in [5, 5.41) is 0.947. The lowest BCUT2D eigenvalue weighted by atomic mass is 10.1. The van der Waals surface area contributed by atoms with E-state index in [2.05, 4.69) is 11.1 Å². The zero-order valence-electron chi connectivity index (χ0n) is 9.46. The minimum absolute atomic E-state index is 0.354. The molecule has 0 atom stereocenters. The molecule has 0 aliphatic heterocycles. The Labute approximate surface area is 114 Å². The largest absolute Gasteiger partial charge is 0.431 e. The van der Waals surface area contributed by atoms with Crippen LogP contribution in [-0.2, 0) is 5.88 Å². The fraction of sp³-hybridized carbons (Fsp3) is 0.250. The second kappa shape index (κ2) is 5.25. The Morgan fingerprint density at radius 1 is 1.35 bits per heavy atom. The smallest absolute Gasteiger partial charge is 0.280 e. The Bertz CT molecular complexity index is 539. The summed E-state index contributed by atoms with van der Waals surface area (Å²) in [5.41, 5.74) is 2.28. The van der Waals surface area contributed by atoms with Crippen LogP contribution >= 0.6 is 34.5 Å². The van der Waals surface area contributed by atoms with Crippen LogP contribution in [0.1, 0.15) is 16.0 Å². The molecule has 17 heavy (non-hydrogen) atoms. The molecule has 90 valence electrons. The number of alkyl halides is 1. The Kier molecular flexibility index (Phi) is 3.92. The molecule has 5 heteroatoms. The third-order valence-corrected chi connectivity index (χ3v) is 4.06. The van der Waals surface area contributed by atoms with Gasteiger partial charge in [0, 0.05) is 0 Å². The van der Waals surface area contributed by atoms with Gasteiger partial charge in [-0.05, 0) is 25.5 Å². The molecule has 1 aromatic heterocycles. The van der Waals surface area contributed by atoms with Gasteiger partial charge < -0.3 is 4.74 Å². The van der Waals surface area contributed by atoms with E-state index >= 15 is 0 Å². The van der Waals surface area contributed by atoms with E-state index in [9.17, 15) is 0 Å². The lowest BCUT2D eigenvalue weighted by molar-refractivity contribution is 0.475. The van der Waals surface area contributed by atoms with Gasteiger partial charge in [0.25, 0.3) is 5.19 Å². The van der Waals surface area contributed by atoms with Crippen molar-refractivity contribution in [2.45, 2.75) is 19.7 Å². The number of aromatic nitrogens is 1. The minimum Gasteiger partial charge on any atom is -0.431 e. The van der Waals surface area contributed by atoms with Crippen LogP contribution in [0.5, 0.6) is 10.9 Å². The fourth-order valence-corrected chi connectivity index (χ4v) is 2.78. The van der Waals surface area contributed by atoms with Crippen LogP contribution in [0.2, 0.25) is 5.15 Å². The van der Waals surface area contributed by atoms with Gasteiger partial charge in [-0.2, -0.15) is 4.98 Å². The SMILES string of the molecule is Cc1ccc(Oc2nc(Cl)c(CCl)s2)c(C)c1. The molecule has 0 aliphatic rings. The summed E-state index contributed by atoms with van der Waals surface area (Å²) in [6.07, 6.45) is 0. The molecular formula is C12H11Cl2NOS. The van der Waals surface area contributed by atoms with E-state index in [4.69, 9.17) is 27.9 Å². The average Bonchev–Trinajstić information content (AvgIpc) is 2.63. The molecule has 0 amide bonds. The van der Waals surface area contributed by atoms with Gasteiger partial charge in [0.2, 0.25) is 0 Å². The molecule has 2 rings (SSSR count). The van der Waals surface area contributed by atoms with Crippen molar-refractivity contribution in [1.82, 2.24) is 4.98 Å². The summed E-state index contributed by atoms with van der Waals surface area (Å²) < 4.78 is 5.69. The number of rotatable bonds is 3. The Morgan fingerprint density at radius 2 is 2.12 bits per heavy atom. The number of benzene rings is 1. The molecule has 0 fully saturated rings. The van der Waals surface area contributed by atoms with Crippen LogP contribution in [0.15, 0.2) is 18.2 Å². The molecule has 0 aliphatic carbocycles. The van der Waals surface area contributed by atoms with Crippen molar-refractivity contribution in [1.29, 1.82) is 0 Å². The van der Waals surface area contributed by atoms with Gasteiger partial charge >= 0.3 is 0 Å². The summed E-state index contributed by atoms with van der Waals surface area (Å²) in [4.78, 5) is 4.94. The molecule has 2 aromatic rings. The summed E-state index contributed by atoms with van der Waals surface area (Å²) >= 11 is 13.0. The van der Waals surface area contributed by atoms with Crippen LogP contribution in [0.25, 0.3) is 0 Å². The van der Waals surface area contributed by atoms with Gasteiger partial charge in [-0.15, -0.1) is 11.6 Å². The number of ether oxygens (including phenoxy) is 1. The highest BCUT2D eigenvalue weighted by Crippen LogP contribution is 2.34. The number of hydrogen-bond acceptors (Lipinski definition) is 3. The Balaban J connectivity index is 2.25. The van der Waals surface area contributed by atoms with Crippen LogP contribution < -0.4 is 4.74 Å². The quantitative estimate of drug-likeness (QED) is 0.746. The second-order valence-corrected chi connectivity index (χ2v) is 5.37. The predicted molar refractivity (Wildman–Crippen MR) is 72.7 cm³/mol. The number of aryl methyl sites for hydroxylation is 2. The molecule has 2 nitrogen and oxygen atoms in total. The van der Waals surface area contributed by atoms with Crippen molar-refractivity contribution in [3.8, 4) is 10.9 Å². The van der Waals surface area contributed by atoms with Crippen molar-refractivity contribution in [2.24, 2.45) is 0 Å². The normalized spacial score (nSPS) is 10.6. The monoisotopic (exact) mass is 287 g/mol. The van der Waals surface area contributed by atoms with Crippen molar-refractivity contribution in [3.63, 3.8) is 0 Å². The molecule has 0 N–H and O–H groups in total. The molecule has 0 spiro atoms. The van der Waals surface area contributed by atoms with Gasteiger partial charge in [-0.3, -0.25) is 0 Å². The molecule has 0 unspecified atom stereocenters. The zero-order chi connectivity index (χ0) is 12.4. The highest BCUT2D eigenvalue weighted by molar-refractivity contribution is 7.14. The summed E-state index contributed by atoms with van der Waals surface area (Å²) in [6, 6.07) is 5.99. The van der Waals surface area contributed by atoms with Gasteiger partial charge in [-0.1, -0.05) is 40.6 Å². The number of thiazole rings is 1. The Hall–Kier alpha value is -0.770. The highest BCUT2D eigenvalue weighted by atomic mass is 35.5. The minimum atomic E-state index is 0.354. The Morgan fingerprint density at radius 3 is 2.71 bits per heavy atom. The number of hydrogen-bond donors (Lipinski definition) is 0. The van der Waals surface area contributed by atoms with Crippen molar-refractivity contribution in [3.05, 3.63) is 39.4 Å². The second-order valence-electron chi connectivity index (χ2n) is 3.70. The van der Waals surface area contributed by atoms with Gasteiger partial charge in [0.05, 0.1) is 10.8 Å². The highest BCUT2D eigenvalue weighted by Gasteiger charge is 2.11. The molecule has 0 saturated carbocycles. The van der Waals surface area contributed by atoms with Crippen molar-refractivity contribution >= 4 is 34.5 Å². The third-order valence-electron chi connectivity index (χ3n) is 2.28. The average molecular weight is 288 g/mol. The molecule has 0 saturated heterocycles.